The molecule has 0 saturated heterocycles. The van der Waals surface area contributed by atoms with Crippen molar-refractivity contribution in [3.05, 3.63) is 53.3 Å². The monoisotopic (exact) mass is 424 g/mol. The summed E-state index contributed by atoms with van der Waals surface area (Å²) in [5.74, 6) is 0.0446. The number of phenolic OH excluding ortho intramolecular Hbond substituents is 1. The molecule has 3 heteroatoms. The van der Waals surface area contributed by atoms with Crippen LogP contribution in [0, 0.1) is 11.7 Å². The van der Waals surface area contributed by atoms with Crippen LogP contribution in [0.3, 0.4) is 0 Å². The minimum atomic E-state index is -0.706. The number of rotatable bonds is 10. The number of benzene rings is 2. The van der Waals surface area contributed by atoms with Crippen molar-refractivity contribution >= 4 is 5.78 Å². The molecule has 31 heavy (non-hydrogen) atoms. The van der Waals surface area contributed by atoms with Crippen LogP contribution in [0.15, 0.2) is 36.4 Å². The van der Waals surface area contributed by atoms with E-state index in [0.717, 1.165) is 24.3 Å². The summed E-state index contributed by atoms with van der Waals surface area (Å²) in [5, 5.41) is 10.3. The zero-order valence-electron chi connectivity index (χ0n) is 19.1. The lowest BCUT2D eigenvalue weighted by Crippen LogP contribution is -2.13. The molecule has 0 radical (unpaired) electrons. The number of hydrogen-bond acceptors (Lipinski definition) is 2. The Kier molecular flexibility index (Phi) is 8.69. The van der Waals surface area contributed by atoms with E-state index in [2.05, 4.69) is 19.1 Å². The molecule has 1 fully saturated rings. The van der Waals surface area contributed by atoms with Gasteiger partial charge in [-0.3, -0.25) is 4.79 Å². The Morgan fingerprint density at radius 3 is 2.26 bits per heavy atom. The molecule has 0 amide bonds. The van der Waals surface area contributed by atoms with Crippen molar-refractivity contribution in [1.82, 2.24) is 0 Å². The van der Waals surface area contributed by atoms with Crippen LogP contribution in [0.5, 0.6) is 5.75 Å². The molecule has 2 aromatic rings. The van der Waals surface area contributed by atoms with E-state index >= 15 is 0 Å². The maximum Gasteiger partial charge on any atom is 0.173 e. The number of ketones is 1. The lowest BCUT2D eigenvalue weighted by molar-refractivity contribution is 0.0976. The van der Waals surface area contributed by atoms with Crippen LogP contribution in [0.4, 0.5) is 4.39 Å². The number of Topliss-reactive ketones (excluding diaryl/α,β-unsaturated/α-hetero) is 1. The van der Waals surface area contributed by atoms with Crippen LogP contribution in [0.1, 0.15) is 106 Å². The molecule has 2 nitrogen and oxygen atoms in total. The first-order valence-electron chi connectivity index (χ1n) is 12.2. The molecule has 1 aliphatic rings. The summed E-state index contributed by atoms with van der Waals surface area (Å²) in [5.41, 5.74) is 2.49. The van der Waals surface area contributed by atoms with Gasteiger partial charge >= 0.3 is 0 Å². The van der Waals surface area contributed by atoms with Gasteiger partial charge in [0.25, 0.3) is 0 Å². The zero-order valence-corrected chi connectivity index (χ0v) is 19.1. The fourth-order valence-electron chi connectivity index (χ4n) is 4.89. The van der Waals surface area contributed by atoms with E-state index < -0.39 is 11.6 Å². The maximum atomic E-state index is 14.9. The third-order valence-electron chi connectivity index (χ3n) is 6.93. The molecule has 1 N–H and O–H groups in total. The van der Waals surface area contributed by atoms with Crippen LogP contribution < -0.4 is 0 Å². The van der Waals surface area contributed by atoms with E-state index in [1.165, 1.54) is 56.9 Å². The second-order valence-corrected chi connectivity index (χ2v) is 9.19. The predicted molar refractivity (Wildman–Crippen MR) is 126 cm³/mol. The van der Waals surface area contributed by atoms with Crippen LogP contribution >= 0.6 is 0 Å². The molecule has 0 atom stereocenters. The second kappa shape index (κ2) is 11.5. The molecule has 0 bridgehead atoms. The Hall–Kier alpha value is -2.16. The van der Waals surface area contributed by atoms with E-state index in [9.17, 15) is 14.3 Å². The van der Waals surface area contributed by atoms with Gasteiger partial charge in [0.1, 0.15) is 0 Å². The molecule has 1 aliphatic carbocycles. The van der Waals surface area contributed by atoms with Gasteiger partial charge in [-0.2, -0.15) is 0 Å². The van der Waals surface area contributed by atoms with Crippen molar-refractivity contribution in [3.63, 3.8) is 0 Å². The number of hydrogen-bond donors (Lipinski definition) is 1. The van der Waals surface area contributed by atoms with Crippen molar-refractivity contribution in [2.24, 2.45) is 5.92 Å². The first-order chi connectivity index (χ1) is 15.0. The molecule has 0 aromatic heterocycles. The van der Waals surface area contributed by atoms with Crippen LogP contribution in [-0.4, -0.2) is 10.9 Å². The Morgan fingerprint density at radius 1 is 0.935 bits per heavy atom. The standard InChI is InChI=1S/C28H37FO2/c1-3-5-7-8-20-10-12-21(13-11-20)22-14-16-23(17-15-22)24-18-19-25(28(31)27(24)29)26(30)9-6-4-2/h14-21,31H,3-13H2,1-2H3. The quantitative estimate of drug-likeness (QED) is 0.307. The average Bonchev–Trinajstić information content (AvgIpc) is 2.80. The third kappa shape index (κ3) is 5.96. The van der Waals surface area contributed by atoms with E-state index in [0.29, 0.717) is 17.9 Å². The Labute approximate surface area is 186 Å². The summed E-state index contributed by atoms with van der Waals surface area (Å²) in [6.45, 7) is 4.26. The number of aromatic hydroxyl groups is 1. The van der Waals surface area contributed by atoms with Crippen molar-refractivity contribution in [2.75, 3.05) is 0 Å². The smallest absolute Gasteiger partial charge is 0.173 e. The van der Waals surface area contributed by atoms with Crippen LogP contribution in [-0.2, 0) is 0 Å². The fraction of sp³-hybridized carbons (Fsp3) is 0.536. The highest BCUT2D eigenvalue weighted by Crippen LogP contribution is 2.39. The highest BCUT2D eigenvalue weighted by atomic mass is 19.1. The summed E-state index contributed by atoms with van der Waals surface area (Å²) >= 11 is 0. The van der Waals surface area contributed by atoms with Gasteiger partial charge in [0.15, 0.2) is 17.3 Å². The molecule has 0 aliphatic heterocycles. The van der Waals surface area contributed by atoms with E-state index in [4.69, 9.17) is 0 Å². The summed E-state index contributed by atoms with van der Waals surface area (Å²) in [4.78, 5) is 12.2. The summed E-state index contributed by atoms with van der Waals surface area (Å²) in [6.07, 6.45) is 12.4. The molecule has 0 heterocycles. The molecule has 0 spiro atoms. The third-order valence-corrected chi connectivity index (χ3v) is 6.93. The number of unbranched alkanes of at least 4 members (excludes halogenated alkanes) is 3. The topological polar surface area (TPSA) is 37.3 Å². The fourth-order valence-corrected chi connectivity index (χ4v) is 4.89. The van der Waals surface area contributed by atoms with Gasteiger partial charge in [-0.1, -0.05) is 76.3 Å². The Balaban J connectivity index is 1.65. The summed E-state index contributed by atoms with van der Waals surface area (Å²) < 4.78 is 14.9. The van der Waals surface area contributed by atoms with Gasteiger partial charge in [-0.15, -0.1) is 0 Å². The molecule has 3 rings (SSSR count). The Bertz CT molecular complexity index is 848. The number of carbonyl (C=O) groups is 1. The van der Waals surface area contributed by atoms with E-state index in [1.807, 2.05) is 19.1 Å². The van der Waals surface area contributed by atoms with Gasteiger partial charge in [0, 0.05) is 12.0 Å². The molecular weight excluding hydrogens is 387 g/mol. The lowest BCUT2D eigenvalue weighted by atomic mass is 9.77. The van der Waals surface area contributed by atoms with Crippen molar-refractivity contribution in [2.45, 2.75) is 90.4 Å². The maximum absolute atomic E-state index is 14.9. The van der Waals surface area contributed by atoms with Gasteiger partial charge in [0.2, 0.25) is 0 Å². The van der Waals surface area contributed by atoms with E-state index in [-0.39, 0.29) is 11.3 Å². The molecule has 1 saturated carbocycles. The first-order valence-corrected chi connectivity index (χ1v) is 12.2. The Morgan fingerprint density at radius 2 is 1.61 bits per heavy atom. The second-order valence-electron chi connectivity index (χ2n) is 9.19. The molecule has 168 valence electrons. The number of carbonyl (C=O) groups excluding carboxylic acids is 1. The first kappa shape index (κ1) is 23.5. The highest BCUT2D eigenvalue weighted by molar-refractivity contribution is 5.99. The lowest BCUT2D eigenvalue weighted by Gasteiger charge is -2.29. The number of halogens is 1. The van der Waals surface area contributed by atoms with Gasteiger partial charge in [-0.05, 0) is 61.1 Å². The SMILES string of the molecule is CCCCCC1CCC(c2ccc(-c3ccc(C(=O)CCCC)c(O)c3F)cc2)CC1. The van der Waals surface area contributed by atoms with Crippen LogP contribution in [0.25, 0.3) is 11.1 Å². The minimum Gasteiger partial charge on any atom is -0.504 e. The highest BCUT2D eigenvalue weighted by Gasteiger charge is 2.23. The van der Waals surface area contributed by atoms with Crippen molar-refractivity contribution < 1.29 is 14.3 Å². The average molecular weight is 425 g/mol. The molecule has 0 unspecified atom stereocenters. The molecule has 2 aromatic carbocycles. The van der Waals surface area contributed by atoms with Gasteiger partial charge in [0.05, 0.1) is 5.56 Å². The zero-order chi connectivity index (χ0) is 22.2. The van der Waals surface area contributed by atoms with Crippen LogP contribution in [0.2, 0.25) is 0 Å². The summed E-state index contributed by atoms with van der Waals surface area (Å²) in [6, 6.07) is 11.3. The predicted octanol–water partition coefficient (Wildman–Crippen LogP) is 8.43. The molecular formula is C28H37FO2. The van der Waals surface area contributed by atoms with Gasteiger partial charge in [-0.25, -0.2) is 4.39 Å². The summed E-state index contributed by atoms with van der Waals surface area (Å²) in [7, 11) is 0. The van der Waals surface area contributed by atoms with Crippen molar-refractivity contribution in [1.29, 1.82) is 0 Å². The van der Waals surface area contributed by atoms with Gasteiger partial charge < -0.3 is 5.11 Å². The van der Waals surface area contributed by atoms with E-state index in [1.54, 1.807) is 12.1 Å². The minimum absolute atomic E-state index is 0.0852. The normalized spacial score (nSPS) is 18.8. The number of phenols is 1. The van der Waals surface area contributed by atoms with Crippen molar-refractivity contribution in [3.8, 4) is 16.9 Å². The largest absolute Gasteiger partial charge is 0.504 e.